The molecule has 0 bridgehead atoms. The van der Waals surface area contributed by atoms with Gasteiger partial charge in [0.1, 0.15) is 5.52 Å². The van der Waals surface area contributed by atoms with Crippen LogP contribution in [0.5, 0.6) is 0 Å². The molecule has 2 heterocycles. The van der Waals surface area contributed by atoms with E-state index in [4.69, 9.17) is 0 Å². The van der Waals surface area contributed by atoms with E-state index in [1.165, 1.54) is 0 Å². The average molecular weight is 254 g/mol. The summed E-state index contributed by atoms with van der Waals surface area (Å²) in [5.41, 5.74) is 1.25. The first-order valence-corrected chi connectivity index (χ1v) is 6.31. The van der Waals surface area contributed by atoms with E-state index in [-0.39, 0.29) is 5.56 Å². The second-order valence-electron chi connectivity index (χ2n) is 4.38. The summed E-state index contributed by atoms with van der Waals surface area (Å²) in [5.74, 6) is 0.498. The fraction of sp³-hybridized carbons (Fsp3) is 0.214. The van der Waals surface area contributed by atoms with Crippen molar-refractivity contribution in [2.75, 3.05) is 11.9 Å². The Morgan fingerprint density at radius 2 is 2.16 bits per heavy atom. The molecule has 0 aliphatic heterocycles. The van der Waals surface area contributed by atoms with Gasteiger partial charge in [-0.15, -0.1) is 0 Å². The third-order valence-electron chi connectivity index (χ3n) is 2.99. The highest BCUT2D eigenvalue weighted by atomic mass is 16.1. The minimum absolute atomic E-state index is 0.142. The van der Waals surface area contributed by atoms with Crippen molar-refractivity contribution in [3.63, 3.8) is 0 Å². The highest BCUT2D eigenvalue weighted by molar-refractivity contribution is 6.02. The number of aromatic nitrogens is 3. The number of hydrogen-bond acceptors (Lipinski definition) is 4. The van der Waals surface area contributed by atoms with Crippen molar-refractivity contribution in [3.05, 3.63) is 40.8 Å². The number of pyridine rings is 1. The van der Waals surface area contributed by atoms with Crippen molar-refractivity contribution in [2.24, 2.45) is 0 Å². The summed E-state index contributed by atoms with van der Waals surface area (Å²) >= 11 is 0. The molecule has 96 valence electrons. The number of benzene rings is 1. The molecule has 0 saturated carbocycles. The summed E-state index contributed by atoms with van der Waals surface area (Å²) in [4.78, 5) is 23.6. The molecule has 0 saturated heterocycles. The van der Waals surface area contributed by atoms with Gasteiger partial charge < -0.3 is 5.32 Å². The highest BCUT2D eigenvalue weighted by Crippen LogP contribution is 2.19. The number of fused-ring (bicyclic) bond motifs is 3. The van der Waals surface area contributed by atoms with Crippen LogP contribution in [-0.4, -0.2) is 21.5 Å². The molecule has 0 amide bonds. The molecule has 0 spiro atoms. The minimum Gasteiger partial charge on any atom is -0.356 e. The standard InChI is InChI=1S/C14H14N4O/c1-2-7-16-14-17-12-10(13(19)18-14)6-5-9-4-3-8-15-11(9)12/h3-6,8H,2,7H2,1H3,(H2,16,17,18,19). The Morgan fingerprint density at radius 1 is 1.26 bits per heavy atom. The number of rotatable bonds is 3. The second kappa shape index (κ2) is 4.68. The van der Waals surface area contributed by atoms with Gasteiger partial charge in [0.2, 0.25) is 5.95 Å². The molecule has 0 aliphatic carbocycles. The van der Waals surface area contributed by atoms with E-state index >= 15 is 0 Å². The van der Waals surface area contributed by atoms with Gasteiger partial charge in [0, 0.05) is 18.1 Å². The molecule has 19 heavy (non-hydrogen) atoms. The molecule has 0 radical (unpaired) electrons. The van der Waals surface area contributed by atoms with Crippen molar-refractivity contribution >= 4 is 27.8 Å². The van der Waals surface area contributed by atoms with E-state index < -0.39 is 0 Å². The van der Waals surface area contributed by atoms with E-state index in [9.17, 15) is 4.79 Å². The van der Waals surface area contributed by atoms with Crippen LogP contribution >= 0.6 is 0 Å². The summed E-state index contributed by atoms with van der Waals surface area (Å²) in [6.07, 6.45) is 2.68. The maximum Gasteiger partial charge on any atom is 0.260 e. The molecule has 1 aromatic carbocycles. The first-order chi connectivity index (χ1) is 9.29. The van der Waals surface area contributed by atoms with Crippen molar-refractivity contribution in [1.82, 2.24) is 15.0 Å². The Labute approximate surface area is 109 Å². The third kappa shape index (κ3) is 2.03. The lowest BCUT2D eigenvalue weighted by atomic mass is 10.1. The molecule has 2 aromatic heterocycles. The largest absolute Gasteiger partial charge is 0.356 e. The predicted octanol–water partition coefficient (Wildman–Crippen LogP) is 2.29. The third-order valence-corrected chi connectivity index (χ3v) is 2.99. The van der Waals surface area contributed by atoms with Crippen molar-refractivity contribution < 1.29 is 0 Å². The number of anilines is 1. The summed E-state index contributed by atoms with van der Waals surface area (Å²) in [5, 5.41) is 4.64. The Bertz CT molecular complexity index is 794. The van der Waals surface area contributed by atoms with Crippen LogP contribution in [0, 0.1) is 0 Å². The van der Waals surface area contributed by atoms with Crippen LogP contribution in [0.15, 0.2) is 35.3 Å². The predicted molar refractivity (Wildman–Crippen MR) is 76.4 cm³/mol. The van der Waals surface area contributed by atoms with Gasteiger partial charge in [-0.2, -0.15) is 0 Å². The minimum atomic E-state index is -0.142. The van der Waals surface area contributed by atoms with Gasteiger partial charge in [0.25, 0.3) is 5.56 Å². The van der Waals surface area contributed by atoms with E-state index in [0.717, 1.165) is 23.9 Å². The van der Waals surface area contributed by atoms with Crippen LogP contribution in [0.25, 0.3) is 21.8 Å². The lowest BCUT2D eigenvalue weighted by Crippen LogP contribution is -2.14. The van der Waals surface area contributed by atoms with Gasteiger partial charge in [-0.25, -0.2) is 4.98 Å². The van der Waals surface area contributed by atoms with E-state index in [1.807, 2.05) is 18.2 Å². The quantitative estimate of drug-likeness (QED) is 0.703. The Morgan fingerprint density at radius 3 is 3.00 bits per heavy atom. The lowest BCUT2D eigenvalue weighted by Gasteiger charge is -2.06. The zero-order valence-corrected chi connectivity index (χ0v) is 10.6. The zero-order chi connectivity index (χ0) is 13.2. The smallest absolute Gasteiger partial charge is 0.260 e. The molecule has 0 fully saturated rings. The number of nitrogens with one attached hydrogen (secondary N) is 2. The van der Waals surface area contributed by atoms with Gasteiger partial charge >= 0.3 is 0 Å². The first kappa shape index (κ1) is 11.6. The maximum atomic E-state index is 12.0. The molecule has 5 heteroatoms. The number of hydrogen-bond donors (Lipinski definition) is 2. The molecule has 2 N–H and O–H groups in total. The summed E-state index contributed by atoms with van der Waals surface area (Å²) in [7, 11) is 0. The Kier molecular flexibility index (Phi) is 2.87. The van der Waals surface area contributed by atoms with Gasteiger partial charge in [0.05, 0.1) is 10.9 Å². The Hall–Kier alpha value is -2.43. The molecular formula is C14H14N4O. The summed E-state index contributed by atoms with van der Waals surface area (Å²) in [6.45, 7) is 2.83. The molecule has 3 rings (SSSR count). The van der Waals surface area contributed by atoms with Crippen molar-refractivity contribution in [2.45, 2.75) is 13.3 Å². The maximum absolute atomic E-state index is 12.0. The fourth-order valence-corrected chi connectivity index (χ4v) is 2.07. The zero-order valence-electron chi connectivity index (χ0n) is 10.6. The second-order valence-corrected chi connectivity index (χ2v) is 4.38. The van der Waals surface area contributed by atoms with E-state index in [2.05, 4.69) is 27.2 Å². The number of H-pyrrole nitrogens is 1. The highest BCUT2D eigenvalue weighted by Gasteiger charge is 2.07. The Balaban J connectivity index is 2.30. The lowest BCUT2D eigenvalue weighted by molar-refractivity contribution is 0.953. The van der Waals surface area contributed by atoms with Crippen LogP contribution in [0.4, 0.5) is 5.95 Å². The van der Waals surface area contributed by atoms with Gasteiger partial charge in [-0.05, 0) is 18.6 Å². The van der Waals surface area contributed by atoms with Gasteiger partial charge in [-0.1, -0.05) is 19.1 Å². The van der Waals surface area contributed by atoms with Gasteiger partial charge in [0.15, 0.2) is 0 Å². The average Bonchev–Trinajstić information content (AvgIpc) is 2.45. The fourth-order valence-electron chi connectivity index (χ4n) is 2.07. The molecule has 5 nitrogen and oxygen atoms in total. The van der Waals surface area contributed by atoms with Crippen LogP contribution in [0.3, 0.4) is 0 Å². The SMILES string of the molecule is CCCNc1nc2c(ccc3cccnc32)c(=O)[nH]1. The van der Waals surface area contributed by atoms with Crippen LogP contribution in [0.1, 0.15) is 13.3 Å². The van der Waals surface area contributed by atoms with E-state index in [0.29, 0.717) is 16.9 Å². The molecule has 0 atom stereocenters. The van der Waals surface area contributed by atoms with Crippen LogP contribution in [0.2, 0.25) is 0 Å². The summed E-state index contributed by atoms with van der Waals surface area (Å²) < 4.78 is 0. The van der Waals surface area contributed by atoms with Crippen molar-refractivity contribution in [3.8, 4) is 0 Å². The van der Waals surface area contributed by atoms with Gasteiger partial charge in [-0.3, -0.25) is 14.8 Å². The monoisotopic (exact) mass is 254 g/mol. The number of nitrogens with zero attached hydrogens (tertiary/aromatic N) is 2. The molecule has 3 aromatic rings. The summed E-state index contributed by atoms with van der Waals surface area (Å²) in [6, 6.07) is 7.51. The first-order valence-electron chi connectivity index (χ1n) is 6.31. The number of aromatic amines is 1. The molecule has 0 unspecified atom stereocenters. The van der Waals surface area contributed by atoms with Crippen LogP contribution in [-0.2, 0) is 0 Å². The molecular weight excluding hydrogens is 240 g/mol. The van der Waals surface area contributed by atoms with Crippen molar-refractivity contribution in [1.29, 1.82) is 0 Å². The topological polar surface area (TPSA) is 70.7 Å². The molecule has 0 aliphatic rings. The van der Waals surface area contributed by atoms with E-state index in [1.54, 1.807) is 12.3 Å². The normalized spacial score (nSPS) is 11.0. The van der Waals surface area contributed by atoms with Crippen LogP contribution < -0.4 is 10.9 Å².